The van der Waals surface area contributed by atoms with Crippen molar-refractivity contribution in [2.24, 2.45) is 0 Å². The van der Waals surface area contributed by atoms with E-state index in [2.05, 4.69) is 15.6 Å². The van der Waals surface area contributed by atoms with Crippen molar-refractivity contribution in [2.45, 2.75) is 38.6 Å². The molecule has 1 aliphatic heterocycles. The van der Waals surface area contributed by atoms with Crippen molar-refractivity contribution in [3.8, 4) is 5.75 Å². The summed E-state index contributed by atoms with van der Waals surface area (Å²) in [6.45, 7) is 3.15. The van der Waals surface area contributed by atoms with Gasteiger partial charge in [0.25, 0.3) is 6.01 Å². The number of aryl methyl sites for hydroxylation is 1. The number of aromatic nitrogens is 1. The maximum Gasteiger partial charge on any atom is 0.348 e. The zero-order valence-corrected chi connectivity index (χ0v) is 22.7. The summed E-state index contributed by atoms with van der Waals surface area (Å²) in [5, 5.41) is 8.18. The second-order valence-corrected chi connectivity index (χ2v) is 10.6. The highest BCUT2D eigenvalue weighted by atomic mass is 32.1. The predicted molar refractivity (Wildman–Crippen MR) is 152 cm³/mol. The Morgan fingerprint density at radius 1 is 1.13 bits per heavy atom. The SMILES string of the molecule is COc1ccc(C[C@H](Nc2nc3ccc(NC(=O)Cc4cccs4)c(C)c3c(=O)o2)C(=O)N2CCCC2)cc1. The minimum Gasteiger partial charge on any atom is -0.497 e. The molecule has 0 saturated carbocycles. The molecule has 39 heavy (non-hydrogen) atoms. The molecule has 9 nitrogen and oxygen atoms in total. The fraction of sp³-hybridized carbons (Fsp3) is 0.310. The lowest BCUT2D eigenvalue weighted by Gasteiger charge is -2.24. The molecule has 10 heteroatoms. The normalized spacial score (nSPS) is 13.8. The number of rotatable bonds is 9. The van der Waals surface area contributed by atoms with Crippen LogP contribution in [0.25, 0.3) is 10.9 Å². The fourth-order valence-electron chi connectivity index (χ4n) is 4.79. The molecule has 1 fully saturated rings. The van der Waals surface area contributed by atoms with Gasteiger partial charge in [0.15, 0.2) is 0 Å². The molecule has 0 radical (unpaired) electrons. The summed E-state index contributed by atoms with van der Waals surface area (Å²) >= 11 is 1.51. The van der Waals surface area contributed by atoms with Crippen LogP contribution in [0.5, 0.6) is 5.75 Å². The van der Waals surface area contributed by atoms with Gasteiger partial charge in [0, 0.05) is 30.1 Å². The molecule has 5 rings (SSSR count). The van der Waals surface area contributed by atoms with Gasteiger partial charge in [-0.1, -0.05) is 18.2 Å². The lowest BCUT2D eigenvalue weighted by atomic mass is 10.0. The molecule has 4 aromatic rings. The smallest absolute Gasteiger partial charge is 0.348 e. The average molecular weight is 547 g/mol. The molecule has 1 aliphatic rings. The van der Waals surface area contributed by atoms with Gasteiger partial charge in [0.1, 0.15) is 11.8 Å². The fourth-order valence-corrected chi connectivity index (χ4v) is 5.49. The monoisotopic (exact) mass is 546 g/mol. The maximum absolute atomic E-state index is 13.4. The Hall–Kier alpha value is -4.18. The van der Waals surface area contributed by atoms with E-state index < -0.39 is 11.7 Å². The van der Waals surface area contributed by atoms with E-state index in [-0.39, 0.29) is 29.6 Å². The second-order valence-electron chi connectivity index (χ2n) is 9.52. The number of nitrogens with one attached hydrogen (secondary N) is 2. The number of fused-ring (bicyclic) bond motifs is 1. The molecule has 202 valence electrons. The van der Waals surface area contributed by atoms with Crippen LogP contribution in [0.4, 0.5) is 11.7 Å². The first-order valence-corrected chi connectivity index (χ1v) is 13.7. The number of carbonyl (C=O) groups excluding carboxylic acids is 2. The number of hydrogen-bond acceptors (Lipinski definition) is 8. The molecule has 2 amide bonds. The van der Waals surface area contributed by atoms with Gasteiger partial charge in [0.05, 0.1) is 24.4 Å². The van der Waals surface area contributed by atoms with Gasteiger partial charge in [-0.25, -0.2) is 4.79 Å². The van der Waals surface area contributed by atoms with Crippen molar-refractivity contribution in [3.05, 3.63) is 80.3 Å². The summed E-state index contributed by atoms with van der Waals surface area (Å²) in [5.41, 5.74) is 1.86. The van der Waals surface area contributed by atoms with Crippen molar-refractivity contribution in [3.63, 3.8) is 0 Å². The highest BCUT2D eigenvalue weighted by Crippen LogP contribution is 2.24. The largest absolute Gasteiger partial charge is 0.497 e. The number of likely N-dealkylation sites (tertiary alicyclic amines) is 1. The van der Waals surface area contributed by atoms with Crippen molar-refractivity contribution < 1.29 is 18.7 Å². The summed E-state index contributed by atoms with van der Waals surface area (Å²) in [4.78, 5) is 46.3. The van der Waals surface area contributed by atoms with E-state index in [9.17, 15) is 14.4 Å². The summed E-state index contributed by atoms with van der Waals surface area (Å²) in [5.74, 6) is 0.499. The van der Waals surface area contributed by atoms with Gasteiger partial charge in [-0.05, 0) is 66.6 Å². The standard InChI is InChI=1S/C29H30N4O5S/c1-18-22(30-25(34)17-21-6-5-15-39-21)11-12-23-26(18)28(36)38-29(31-23)32-24(27(35)33-13-3-4-14-33)16-19-7-9-20(37-2)10-8-19/h5-12,15,24H,3-4,13-14,16-17H2,1-2H3,(H,30,34)(H,31,32)/t24-/m0/s1. The van der Waals surface area contributed by atoms with Crippen LogP contribution in [0.3, 0.4) is 0 Å². The molecule has 1 atom stereocenters. The van der Waals surface area contributed by atoms with Crippen molar-refractivity contribution in [1.29, 1.82) is 0 Å². The topological polar surface area (TPSA) is 114 Å². The second kappa shape index (κ2) is 11.7. The van der Waals surface area contributed by atoms with Crippen molar-refractivity contribution in [2.75, 3.05) is 30.8 Å². The minimum absolute atomic E-state index is 0.0209. The van der Waals surface area contributed by atoms with E-state index in [1.807, 2.05) is 46.7 Å². The molecule has 1 saturated heterocycles. The molecule has 2 aromatic heterocycles. The van der Waals surface area contributed by atoms with Crippen LogP contribution in [-0.4, -0.2) is 47.9 Å². The van der Waals surface area contributed by atoms with Gasteiger partial charge >= 0.3 is 5.63 Å². The number of hydrogen-bond donors (Lipinski definition) is 2. The zero-order valence-electron chi connectivity index (χ0n) is 21.9. The third-order valence-electron chi connectivity index (χ3n) is 6.86. The third kappa shape index (κ3) is 6.12. The van der Waals surface area contributed by atoms with Crippen LogP contribution in [0, 0.1) is 6.92 Å². The Balaban J connectivity index is 1.39. The van der Waals surface area contributed by atoms with E-state index >= 15 is 0 Å². The highest BCUT2D eigenvalue weighted by molar-refractivity contribution is 7.10. The summed E-state index contributed by atoms with van der Waals surface area (Å²) in [6, 6.07) is 14.0. The number of anilines is 2. The Kier molecular flexibility index (Phi) is 7.92. The molecule has 0 aliphatic carbocycles. The van der Waals surface area contributed by atoms with Gasteiger partial charge in [-0.15, -0.1) is 11.3 Å². The van der Waals surface area contributed by atoms with Crippen molar-refractivity contribution >= 4 is 45.8 Å². The zero-order chi connectivity index (χ0) is 27.4. The molecular weight excluding hydrogens is 516 g/mol. The number of nitrogens with zero attached hydrogens (tertiary/aromatic N) is 2. The molecule has 0 unspecified atom stereocenters. The van der Waals surface area contributed by atoms with Gasteiger partial charge in [-0.3, -0.25) is 9.59 Å². The maximum atomic E-state index is 13.4. The van der Waals surface area contributed by atoms with Crippen LogP contribution >= 0.6 is 11.3 Å². The Morgan fingerprint density at radius 2 is 1.90 bits per heavy atom. The lowest BCUT2D eigenvalue weighted by molar-refractivity contribution is -0.131. The van der Waals surface area contributed by atoms with Gasteiger partial charge in [0.2, 0.25) is 11.8 Å². The Labute approximate surface area is 229 Å². The average Bonchev–Trinajstić information content (AvgIpc) is 3.65. The van der Waals surface area contributed by atoms with Crippen LogP contribution < -0.4 is 21.0 Å². The highest BCUT2D eigenvalue weighted by Gasteiger charge is 2.28. The first-order valence-electron chi connectivity index (χ1n) is 12.9. The number of ether oxygens (including phenoxy) is 1. The number of benzene rings is 2. The number of carbonyl (C=O) groups is 2. The molecule has 0 spiro atoms. The predicted octanol–water partition coefficient (Wildman–Crippen LogP) is 4.39. The van der Waals surface area contributed by atoms with Crippen LogP contribution in [-0.2, 0) is 22.4 Å². The van der Waals surface area contributed by atoms with Gasteiger partial charge in [-0.2, -0.15) is 4.98 Å². The lowest BCUT2D eigenvalue weighted by Crippen LogP contribution is -2.43. The van der Waals surface area contributed by atoms with Crippen LogP contribution in [0.2, 0.25) is 0 Å². The number of amides is 2. The molecule has 2 N–H and O–H groups in total. The number of methoxy groups -OCH3 is 1. The van der Waals surface area contributed by atoms with E-state index in [4.69, 9.17) is 9.15 Å². The number of thiophene rings is 1. The first-order chi connectivity index (χ1) is 18.9. The quantitative estimate of drug-likeness (QED) is 0.320. The summed E-state index contributed by atoms with van der Waals surface area (Å²) < 4.78 is 10.8. The Bertz CT molecular complexity index is 1530. The molecular formula is C29H30N4O5S. The summed E-state index contributed by atoms with van der Waals surface area (Å²) in [7, 11) is 1.60. The Morgan fingerprint density at radius 3 is 2.59 bits per heavy atom. The van der Waals surface area contributed by atoms with Gasteiger partial charge < -0.3 is 24.7 Å². The first kappa shape index (κ1) is 26.4. The van der Waals surface area contributed by atoms with Crippen LogP contribution in [0.1, 0.15) is 28.8 Å². The molecule has 0 bridgehead atoms. The molecule has 2 aromatic carbocycles. The molecule has 3 heterocycles. The van der Waals surface area contributed by atoms with E-state index in [1.165, 1.54) is 11.3 Å². The van der Waals surface area contributed by atoms with Crippen LogP contribution in [0.15, 0.2) is 63.1 Å². The van der Waals surface area contributed by atoms with E-state index in [0.717, 1.165) is 29.0 Å². The van der Waals surface area contributed by atoms with Crippen molar-refractivity contribution in [1.82, 2.24) is 9.88 Å². The van der Waals surface area contributed by atoms with E-state index in [1.54, 1.807) is 26.2 Å². The van der Waals surface area contributed by atoms with E-state index in [0.29, 0.717) is 36.3 Å². The third-order valence-corrected chi connectivity index (χ3v) is 7.74. The summed E-state index contributed by atoms with van der Waals surface area (Å²) in [6.07, 6.45) is 2.58. The minimum atomic E-state index is -0.665.